The van der Waals surface area contributed by atoms with Crippen LogP contribution in [0.1, 0.15) is 37.0 Å². The van der Waals surface area contributed by atoms with E-state index < -0.39 is 5.60 Å². The molecule has 1 fully saturated rings. The highest BCUT2D eigenvalue weighted by molar-refractivity contribution is 7.71. The zero-order chi connectivity index (χ0) is 16.6. The second-order valence-electron chi connectivity index (χ2n) is 6.31. The van der Waals surface area contributed by atoms with Gasteiger partial charge in [-0.25, -0.2) is 5.10 Å². The lowest BCUT2D eigenvalue weighted by Crippen LogP contribution is -2.48. The lowest BCUT2D eigenvalue weighted by molar-refractivity contribution is 0.000337. The number of nitrogens with zero attached hydrogens (tertiary/aromatic N) is 2. The third-order valence-electron chi connectivity index (χ3n) is 4.15. The summed E-state index contributed by atoms with van der Waals surface area (Å²) in [4.78, 5) is 14.7. The van der Waals surface area contributed by atoms with Crippen LogP contribution < -0.4 is 0 Å². The van der Waals surface area contributed by atoms with Gasteiger partial charge in [0.15, 0.2) is 0 Å². The van der Waals surface area contributed by atoms with E-state index >= 15 is 0 Å². The molecule has 1 aromatic heterocycles. The maximum atomic E-state index is 12.7. The van der Waals surface area contributed by atoms with Crippen LogP contribution in [0.25, 0.3) is 11.5 Å². The highest BCUT2D eigenvalue weighted by Crippen LogP contribution is 2.28. The van der Waals surface area contributed by atoms with Crippen molar-refractivity contribution >= 4 is 18.1 Å². The van der Waals surface area contributed by atoms with Crippen LogP contribution in [-0.4, -0.2) is 44.3 Å². The number of hydrogen-bond acceptors (Lipinski definition) is 5. The van der Waals surface area contributed by atoms with Crippen molar-refractivity contribution < 1.29 is 14.3 Å². The van der Waals surface area contributed by atoms with E-state index in [0.717, 1.165) is 18.4 Å². The van der Waals surface area contributed by atoms with Gasteiger partial charge in [-0.3, -0.25) is 4.79 Å². The lowest BCUT2D eigenvalue weighted by atomic mass is 9.96. The average molecular weight is 333 g/mol. The molecular weight excluding hydrogens is 314 g/mol. The molecule has 1 unspecified atom stereocenters. The first-order chi connectivity index (χ1) is 10.9. The fourth-order valence-corrected chi connectivity index (χ4v) is 3.14. The van der Waals surface area contributed by atoms with E-state index in [1.54, 1.807) is 43.0 Å². The molecule has 0 bridgehead atoms. The summed E-state index contributed by atoms with van der Waals surface area (Å²) in [6, 6.07) is 6.88. The van der Waals surface area contributed by atoms with Gasteiger partial charge >= 0.3 is 0 Å². The van der Waals surface area contributed by atoms with Crippen molar-refractivity contribution in [2.75, 3.05) is 6.54 Å². The van der Waals surface area contributed by atoms with E-state index in [-0.39, 0.29) is 16.8 Å². The summed E-state index contributed by atoms with van der Waals surface area (Å²) in [5.41, 5.74) is 0.424. The molecule has 23 heavy (non-hydrogen) atoms. The SMILES string of the molecule is CC(C)(O)C1CCCN1C(=O)c1ccc(-c2n[nH]c(=S)o2)cc1. The molecule has 2 aromatic rings. The minimum absolute atomic E-state index is 0.0656. The predicted octanol–water partition coefficient (Wildman–Crippen LogP) is 2.77. The van der Waals surface area contributed by atoms with Gasteiger partial charge in [0.25, 0.3) is 10.7 Å². The van der Waals surface area contributed by atoms with Crippen LogP contribution in [0, 0.1) is 4.84 Å². The Labute approximate surface area is 139 Å². The van der Waals surface area contributed by atoms with Crippen LogP contribution in [-0.2, 0) is 0 Å². The molecule has 122 valence electrons. The number of carbonyl (C=O) groups excluding carboxylic acids is 1. The minimum atomic E-state index is -0.903. The molecule has 6 nitrogen and oxygen atoms in total. The van der Waals surface area contributed by atoms with Gasteiger partial charge in [-0.05, 0) is 63.2 Å². The molecule has 0 radical (unpaired) electrons. The second kappa shape index (κ2) is 5.90. The molecule has 1 aliphatic rings. The molecule has 0 saturated carbocycles. The van der Waals surface area contributed by atoms with Gasteiger partial charge in [-0.2, -0.15) is 0 Å². The van der Waals surface area contributed by atoms with E-state index in [1.165, 1.54) is 0 Å². The van der Waals surface area contributed by atoms with E-state index in [1.807, 2.05) is 0 Å². The lowest BCUT2D eigenvalue weighted by Gasteiger charge is -2.33. The maximum Gasteiger partial charge on any atom is 0.284 e. The number of aliphatic hydroxyl groups is 1. The molecule has 0 spiro atoms. The number of hydrogen-bond donors (Lipinski definition) is 2. The molecule has 1 atom stereocenters. The predicted molar refractivity (Wildman–Crippen MR) is 87.5 cm³/mol. The molecule has 7 heteroatoms. The number of likely N-dealkylation sites (tertiary alicyclic amines) is 1. The number of rotatable bonds is 3. The van der Waals surface area contributed by atoms with Gasteiger partial charge in [0, 0.05) is 17.7 Å². The van der Waals surface area contributed by atoms with Crippen molar-refractivity contribution in [2.24, 2.45) is 0 Å². The molecular formula is C16H19N3O3S. The number of amides is 1. The Kier molecular flexibility index (Phi) is 4.08. The third kappa shape index (κ3) is 3.20. The Balaban J connectivity index is 1.82. The molecule has 1 aromatic carbocycles. The number of aromatic amines is 1. The first-order valence-corrected chi connectivity index (χ1v) is 7.96. The smallest absolute Gasteiger partial charge is 0.284 e. The molecule has 0 aliphatic carbocycles. The summed E-state index contributed by atoms with van der Waals surface area (Å²) >= 11 is 4.85. The zero-order valence-electron chi connectivity index (χ0n) is 13.1. The highest BCUT2D eigenvalue weighted by atomic mass is 32.1. The first-order valence-electron chi connectivity index (χ1n) is 7.55. The summed E-state index contributed by atoms with van der Waals surface area (Å²) < 4.78 is 5.25. The summed E-state index contributed by atoms with van der Waals surface area (Å²) in [6.45, 7) is 4.17. The van der Waals surface area contributed by atoms with Crippen LogP contribution in [0.5, 0.6) is 0 Å². The van der Waals surface area contributed by atoms with Crippen molar-refractivity contribution in [2.45, 2.75) is 38.3 Å². The Morgan fingerprint density at radius 2 is 2.13 bits per heavy atom. The summed E-state index contributed by atoms with van der Waals surface area (Å²) in [7, 11) is 0. The van der Waals surface area contributed by atoms with Crippen LogP contribution in [0.2, 0.25) is 0 Å². The number of carbonyl (C=O) groups is 1. The molecule has 1 saturated heterocycles. The average Bonchev–Trinajstić information content (AvgIpc) is 3.15. The van der Waals surface area contributed by atoms with Crippen molar-refractivity contribution in [3.8, 4) is 11.5 Å². The monoisotopic (exact) mass is 333 g/mol. The van der Waals surface area contributed by atoms with Crippen molar-refractivity contribution in [1.29, 1.82) is 0 Å². The number of aromatic nitrogens is 2. The fourth-order valence-electron chi connectivity index (χ4n) is 3.02. The Hall–Kier alpha value is -1.99. The summed E-state index contributed by atoms with van der Waals surface area (Å²) in [5.74, 6) is 0.327. The standard InChI is InChI=1S/C16H19N3O3S/c1-16(2,21)12-4-3-9-19(12)14(20)11-7-5-10(6-8-11)13-17-18-15(23)22-13/h5-8,12,21H,3-4,9H2,1-2H3,(H,18,23). The van der Waals surface area contributed by atoms with Gasteiger partial charge in [0.2, 0.25) is 5.89 Å². The third-order valence-corrected chi connectivity index (χ3v) is 4.32. The number of benzene rings is 1. The van der Waals surface area contributed by atoms with Crippen molar-refractivity contribution in [3.05, 3.63) is 34.7 Å². The van der Waals surface area contributed by atoms with Crippen molar-refractivity contribution in [3.63, 3.8) is 0 Å². The van der Waals surface area contributed by atoms with Gasteiger partial charge in [-0.1, -0.05) is 0 Å². The quantitative estimate of drug-likeness (QED) is 0.844. The minimum Gasteiger partial charge on any atom is -0.409 e. The van der Waals surface area contributed by atoms with E-state index in [4.69, 9.17) is 16.6 Å². The Morgan fingerprint density at radius 3 is 2.70 bits per heavy atom. The van der Waals surface area contributed by atoms with Gasteiger partial charge < -0.3 is 14.4 Å². The fraction of sp³-hybridized carbons (Fsp3) is 0.438. The van der Waals surface area contributed by atoms with Crippen LogP contribution in [0.3, 0.4) is 0 Å². The van der Waals surface area contributed by atoms with Gasteiger partial charge in [0.1, 0.15) is 0 Å². The topological polar surface area (TPSA) is 82.4 Å². The molecule has 3 rings (SSSR count). The normalized spacial score (nSPS) is 18.4. The highest BCUT2D eigenvalue weighted by Gasteiger charge is 2.38. The van der Waals surface area contributed by atoms with Gasteiger partial charge in [0.05, 0.1) is 11.6 Å². The van der Waals surface area contributed by atoms with Gasteiger partial charge in [-0.15, -0.1) is 5.10 Å². The largest absolute Gasteiger partial charge is 0.409 e. The maximum absolute atomic E-state index is 12.7. The zero-order valence-corrected chi connectivity index (χ0v) is 13.9. The Morgan fingerprint density at radius 1 is 1.43 bits per heavy atom. The molecule has 1 aliphatic heterocycles. The van der Waals surface area contributed by atoms with E-state index in [9.17, 15) is 9.90 Å². The van der Waals surface area contributed by atoms with E-state index in [2.05, 4.69) is 10.2 Å². The number of H-pyrrole nitrogens is 1. The summed E-state index contributed by atoms with van der Waals surface area (Å²) in [5, 5.41) is 16.8. The number of nitrogens with one attached hydrogen (secondary N) is 1. The van der Waals surface area contributed by atoms with Crippen LogP contribution >= 0.6 is 12.2 Å². The van der Waals surface area contributed by atoms with Crippen molar-refractivity contribution in [1.82, 2.24) is 15.1 Å². The Bertz CT molecular complexity index is 758. The molecule has 2 heterocycles. The van der Waals surface area contributed by atoms with E-state index in [0.29, 0.717) is 18.0 Å². The molecule has 2 N–H and O–H groups in total. The molecule has 1 amide bonds. The van der Waals surface area contributed by atoms with Crippen LogP contribution in [0.4, 0.5) is 0 Å². The summed E-state index contributed by atoms with van der Waals surface area (Å²) in [6.07, 6.45) is 1.73. The second-order valence-corrected chi connectivity index (χ2v) is 6.68. The first kappa shape index (κ1) is 15.9. The van der Waals surface area contributed by atoms with Crippen LogP contribution in [0.15, 0.2) is 28.7 Å².